The average molecular weight is 179 g/mol. The van der Waals surface area contributed by atoms with Gasteiger partial charge in [0.25, 0.3) is 0 Å². The zero-order valence-electron chi connectivity index (χ0n) is 6.24. The van der Waals surface area contributed by atoms with Crippen LogP contribution < -0.4 is 5.73 Å². The minimum absolute atomic E-state index is 0. The number of carbonyl (C=O) groups is 2. The average Bonchev–Trinajstić information content (AvgIpc) is 1.93. The molecule has 0 aromatic rings. The molecule has 1 saturated heterocycles. The predicted molar refractivity (Wildman–Crippen MR) is 42.2 cm³/mol. The highest BCUT2D eigenvalue weighted by Gasteiger charge is 2.28. The number of amides is 2. The molecule has 1 heterocycles. The number of carbonyl (C=O) groups excluding carboxylic acids is 2. The molecule has 1 fully saturated rings. The summed E-state index contributed by atoms with van der Waals surface area (Å²) in [6, 6.07) is -0.470. The lowest BCUT2D eigenvalue weighted by molar-refractivity contribution is -0.147. The van der Waals surface area contributed by atoms with Gasteiger partial charge < -0.3 is 5.73 Å². The Morgan fingerprint density at radius 3 is 2.55 bits per heavy atom. The SMILES string of the molecule is CN1C(=O)CCC(N)C1=O.Cl. The number of hydrogen-bond donors (Lipinski definition) is 1. The highest BCUT2D eigenvalue weighted by Crippen LogP contribution is 2.08. The van der Waals surface area contributed by atoms with E-state index in [1.54, 1.807) is 0 Å². The molecule has 1 rings (SSSR count). The van der Waals surface area contributed by atoms with Crippen LogP contribution in [0.2, 0.25) is 0 Å². The van der Waals surface area contributed by atoms with Crippen molar-refractivity contribution in [2.45, 2.75) is 18.9 Å². The standard InChI is InChI=1S/C6H10N2O2.ClH/c1-8-5(9)3-2-4(7)6(8)10;/h4H,2-3,7H2,1H3;1H. The molecule has 1 unspecified atom stereocenters. The number of nitrogens with zero attached hydrogens (tertiary/aromatic N) is 1. The summed E-state index contributed by atoms with van der Waals surface area (Å²) >= 11 is 0. The van der Waals surface area contributed by atoms with Gasteiger partial charge in [-0.2, -0.15) is 0 Å². The van der Waals surface area contributed by atoms with E-state index in [2.05, 4.69) is 0 Å². The molecule has 5 heteroatoms. The largest absolute Gasteiger partial charge is 0.320 e. The summed E-state index contributed by atoms with van der Waals surface area (Å²) in [7, 11) is 1.46. The van der Waals surface area contributed by atoms with Crippen LogP contribution in [0, 0.1) is 0 Å². The first-order valence-corrected chi connectivity index (χ1v) is 3.19. The quantitative estimate of drug-likeness (QED) is 0.510. The fraction of sp³-hybridized carbons (Fsp3) is 0.667. The van der Waals surface area contributed by atoms with E-state index in [0.29, 0.717) is 12.8 Å². The Balaban J connectivity index is 0.000001000. The van der Waals surface area contributed by atoms with Crippen LogP contribution in [0.1, 0.15) is 12.8 Å². The number of piperidine rings is 1. The van der Waals surface area contributed by atoms with E-state index in [1.165, 1.54) is 7.05 Å². The minimum atomic E-state index is -0.470. The molecule has 1 atom stereocenters. The molecule has 1 aliphatic rings. The van der Waals surface area contributed by atoms with Crippen molar-refractivity contribution in [1.29, 1.82) is 0 Å². The van der Waals surface area contributed by atoms with Crippen molar-refractivity contribution in [2.75, 3.05) is 7.05 Å². The van der Waals surface area contributed by atoms with Crippen LogP contribution in [-0.4, -0.2) is 29.8 Å². The highest BCUT2D eigenvalue weighted by molar-refractivity contribution is 5.99. The number of hydrogen-bond acceptors (Lipinski definition) is 3. The Hall–Kier alpha value is -0.610. The van der Waals surface area contributed by atoms with Crippen LogP contribution in [0.3, 0.4) is 0 Å². The van der Waals surface area contributed by atoms with Crippen LogP contribution in [0.5, 0.6) is 0 Å². The number of halogens is 1. The van der Waals surface area contributed by atoms with Gasteiger partial charge in [-0.15, -0.1) is 12.4 Å². The summed E-state index contributed by atoms with van der Waals surface area (Å²) in [5.41, 5.74) is 5.39. The van der Waals surface area contributed by atoms with E-state index in [-0.39, 0.29) is 24.2 Å². The highest BCUT2D eigenvalue weighted by atomic mass is 35.5. The molecule has 0 radical (unpaired) electrons. The molecule has 4 nitrogen and oxygen atoms in total. The van der Waals surface area contributed by atoms with E-state index in [0.717, 1.165) is 4.90 Å². The Kier molecular flexibility index (Phi) is 3.48. The van der Waals surface area contributed by atoms with Crippen molar-refractivity contribution >= 4 is 24.2 Å². The van der Waals surface area contributed by atoms with E-state index in [9.17, 15) is 9.59 Å². The number of likely N-dealkylation sites (tertiary alicyclic amines) is 1. The van der Waals surface area contributed by atoms with Gasteiger partial charge in [-0.25, -0.2) is 0 Å². The maximum Gasteiger partial charge on any atom is 0.245 e. The zero-order valence-corrected chi connectivity index (χ0v) is 7.06. The summed E-state index contributed by atoms with van der Waals surface area (Å²) in [5, 5.41) is 0. The third kappa shape index (κ3) is 1.91. The summed E-state index contributed by atoms with van der Waals surface area (Å²) in [6.07, 6.45) is 0.880. The number of likely N-dealkylation sites (N-methyl/N-ethyl adjacent to an activating group) is 1. The molecule has 0 bridgehead atoms. The molecule has 0 aromatic carbocycles. The Morgan fingerprint density at radius 2 is 2.09 bits per heavy atom. The number of nitrogens with two attached hydrogens (primary N) is 1. The molecule has 0 spiro atoms. The molecule has 64 valence electrons. The molecule has 11 heavy (non-hydrogen) atoms. The third-order valence-electron chi connectivity index (χ3n) is 1.69. The molecule has 0 saturated carbocycles. The van der Waals surface area contributed by atoms with Crippen molar-refractivity contribution in [3.8, 4) is 0 Å². The summed E-state index contributed by atoms with van der Waals surface area (Å²) in [6.45, 7) is 0. The van der Waals surface area contributed by atoms with Crippen molar-refractivity contribution in [3.05, 3.63) is 0 Å². The van der Waals surface area contributed by atoms with Crippen LogP contribution in [0.25, 0.3) is 0 Å². The number of rotatable bonds is 0. The van der Waals surface area contributed by atoms with Crippen molar-refractivity contribution in [2.24, 2.45) is 5.73 Å². The lowest BCUT2D eigenvalue weighted by Gasteiger charge is -2.24. The van der Waals surface area contributed by atoms with E-state index in [1.807, 2.05) is 0 Å². The van der Waals surface area contributed by atoms with Gasteiger partial charge in [0.1, 0.15) is 0 Å². The Morgan fingerprint density at radius 1 is 1.55 bits per heavy atom. The predicted octanol–water partition coefficient (Wildman–Crippen LogP) is -0.486. The van der Waals surface area contributed by atoms with Crippen molar-refractivity contribution in [1.82, 2.24) is 4.90 Å². The van der Waals surface area contributed by atoms with E-state index < -0.39 is 6.04 Å². The molecule has 2 amide bonds. The van der Waals surface area contributed by atoms with E-state index in [4.69, 9.17) is 5.73 Å². The molecule has 0 aliphatic carbocycles. The van der Waals surface area contributed by atoms with Gasteiger partial charge in [0.2, 0.25) is 11.8 Å². The van der Waals surface area contributed by atoms with Crippen molar-refractivity contribution in [3.63, 3.8) is 0 Å². The van der Waals surface area contributed by atoms with Crippen LogP contribution in [0.15, 0.2) is 0 Å². The van der Waals surface area contributed by atoms with Crippen LogP contribution >= 0.6 is 12.4 Å². The van der Waals surface area contributed by atoms with Crippen LogP contribution in [-0.2, 0) is 9.59 Å². The van der Waals surface area contributed by atoms with Crippen molar-refractivity contribution < 1.29 is 9.59 Å². The van der Waals surface area contributed by atoms with Gasteiger partial charge in [0, 0.05) is 13.5 Å². The van der Waals surface area contributed by atoms with Gasteiger partial charge in [-0.05, 0) is 6.42 Å². The van der Waals surface area contributed by atoms with E-state index >= 15 is 0 Å². The maximum absolute atomic E-state index is 10.9. The topological polar surface area (TPSA) is 63.4 Å². The molecular weight excluding hydrogens is 168 g/mol. The van der Waals surface area contributed by atoms with Crippen LogP contribution in [0.4, 0.5) is 0 Å². The molecule has 1 aliphatic heterocycles. The first-order chi connectivity index (χ1) is 4.63. The smallest absolute Gasteiger partial charge is 0.245 e. The second kappa shape index (κ2) is 3.69. The number of imide groups is 1. The Labute approximate surface area is 71.1 Å². The second-order valence-electron chi connectivity index (χ2n) is 2.44. The molecular formula is C6H11ClN2O2. The third-order valence-corrected chi connectivity index (χ3v) is 1.69. The molecule has 0 aromatic heterocycles. The fourth-order valence-corrected chi connectivity index (χ4v) is 0.942. The van der Waals surface area contributed by atoms with Gasteiger partial charge in [-0.3, -0.25) is 14.5 Å². The summed E-state index contributed by atoms with van der Waals surface area (Å²) < 4.78 is 0. The lowest BCUT2D eigenvalue weighted by Crippen LogP contribution is -2.49. The molecule has 2 N–H and O–H groups in total. The van der Waals surface area contributed by atoms with Gasteiger partial charge in [0.05, 0.1) is 6.04 Å². The zero-order chi connectivity index (χ0) is 7.72. The first kappa shape index (κ1) is 10.4. The van der Waals surface area contributed by atoms with Gasteiger partial charge >= 0.3 is 0 Å². The normalized spacial score (nSPS) is 24.9. The maximum atomic E-state index is 10.9. The lowest BCUT2D eigenvalue weighted by atomic mass is 10.1. The summed E-state index contributed by atoms with van der Waals surface area (Å²) in [5.74, 6) is -0.400. The summed E-state index contributed by atoms with van der Waals surface area (Å²) in [4.78, 5) is 22.8. The van der Waals surface area contributed by atoms with Gasteiger partial charge in [0.15, 0.2) is 0 Å². The van der Waals surface area contributed by atoms with Gasteiger partial charge in [-0.1, -0.05) is 0 Å². The fourth-order valence-electron chi connectivity index (χ4n) is 0.942. The monoisotopic (exact) mass is 178 g/mol. The minimum Gasteiger partial charge on any atom is -0.320 e. The second-order valence-corrected chi connectivity index (χ2v) is 2.44. The Bertz CT molecular complexity index is 183. The first-order valence-electron chi connectivity index (χ1n) is 3.19.